The monoisotopic (exact) mass is 290 g/mol. The van der Waals surface area contributed by atoms with Gasteiger partial charge >= 0.3 is 0 Å². The van der Waals surface area contributed by atoms with Crippen molar-refractivity contribution in [1.82, 2.24) is 10.2 Å². The lowest BCUT2D eigenvalue weighted by molar-refractivity contribution is 0.296. The summed E-state index contributed by atoms with van der Waals surface area (Å²) in [6.07, 6.45) is 0. The summed E-state index contributed by atoms with van der Waals surface area (Å²) in [5.41, 5.74) is 0. The van der Waals surface area contributed by atoms with Gasteiger partial charge in [0.15, 0.2) is 0 Å². The maximum Gasteiger partial charge on any atom is 0.0701 e. The normalized spacial score (nSPS) is 15.6. The number of nitrogens with one attached hydrogen (secondary N) is 1. The van der Waals surface area contributed by atoms with E-state index >= 15 is 0 Å². The van der Waals surface area contributed by atoms with E-state index < -0.39 is 0 Å². The summed E-state index contributed by atoms with van der Waals surface area (Å²) >= 11 is 5.28. The van der Waals surface area contributed by atoms with Gasteiger partial charge in [0.2, 0.25) is 0 Å². The summed E-state index contributed by atoms with van der Waals surface area (Å²) in [5, 5.41) is 3.54. The van der Waals surface area contributed by atoms with Crippen molar-refractivity contribution in [2.75, 3.05) is 20.6 Å². The summed E-state index contributed by atoms with van der Waals surface area (Å²) in [4.78, 5) is 3.61. The molecular formula is C11H19BrN2S. The van der Waals surface area contributed by atoms with Gasteiger partial charge in [-0.1, -0.05) is 0 Å². The van der Waals surface area contributed by atoms with Crippen LogP contribution in [0.25, 0.3) is 0 Å². The highest BCUT2D eigenvalue weighted by atomic mass is 79.9. The number of hydrogen-bond acceptors (Lipinski definition) is 3. The molecule has 0 saturated heterocycles. The third kappa shape index (κ3) is 4.23. The van der Waals surface area contributed by atoms with Crippen molar-refractivity contribution >= 4 is 27.3 Å². The first kappa shape index (κ1) is 13.2. The van der Waals surface area contributed by atoms with Gasteiger partial charge < -0.3 is 10.2 Å². The number of hydrogen-bond donors (Lipinski definition) is 1. The molecule has 0 amide bonds. The molecule has 1 heterocycles. The van der Waals surface area contributed by atoms with Crippen LogP contribution in [0.4, 0.5) is 0 Å². The fourth-order valence-corrected chi connectivity index (χ4v) is 2.64. The number of halogens is 1. The van der Waals surface area contributed by atoms with Gasteiger partial charge in [-0.2, -0.15) is 0 Å². The molecule has 2 nitrogen and oxygen atoms in total. The van der Waals surface area contributed by atoms with E-state index in [1.54, 1.807) is 11.3 Å². The second-order valence-electron chi connectivity index (χ2n) is 4.08. The molecule has 0 spiro atoms. The molecule has 1 aromatic heterocycles. The number of rotatable bonds is 5. The van der Waals surface area contributed by atoms with Crippen molar-refractivity contribution < 1.29 is 0 Å². The third-order valence-corrected chi connectivity index (χ3v) is 4.43. The maximum absolute atomic E-state index is 3.54. The Kier molecular flexibility index (Phi) is 5.26. The summed E-state index contributed by atoms with van der Waals surface area (Å²) in [6.45, 7) is 5.45. The van der Waals surface area contributed by atoms with Gasteiger partial charge in [-0.25, -0.2) is 0 Å². The lowest BCUT2D eigenvalue weighted by Gasteiger charge is -2.22. The largest absolute Gasteiger partial charge is 0.308 e. The molecule has 1 aromatic rings. The van der Waals surface area contributed by atoms with Crippen molar-refractivity contribution in [3.05, 3.63) is 20.8 Å². The molecule has 0 aromatic carbocycles. The lowest BCUT2D eigenvalue weighted by Crippen LogP contribution is -2.36. The quantitative estimate of drug-likeness (QED) is 0.896. The van der Waals surface area contributed by atoms with Gasteiger partial charge in [0, 0.05) is 23.5 Å². The summed E-state index contributed by atoms with van der Waals surface area (Å²) in [7, 11) is 4.22. The van der Waals surface area contributed by atoms with E-state index in [0.717, 1.165) is 6.54 Å². The van der Waals surface area contributed by atoms with Crippen molar-refractivity contribution in [1.29, 1.82) is 0 Å². The average molecular weight is 291 g/mol. The fraction of sp³-hybridized carbons (Fsp3) is 0.636. The Hall–Kier alpha value is 0.1000. The van der Waals surface area contributed by atoms with Crippen LogP contribution in [0.1, 0.15) is 24.8 Å². The Morgan fingerprint density at radius 1 is 1.40 bits per heavy atom. The van der Waals surface area contributed by atoms with Crippen LogP contribution in [0.15, 0.2) is 15.9 Å². The van der Waals surface area contributed by atoms with Gasteiger partial charge in [-0.15, -0.1) is 11.3 Å². The number of nitrogens with zero attached hydrogens (tertiary/aromatic N) is 1. The van der Waals surface area contributed by atoms with Gasteiger partial charge in [0.05, 0.1) is 3.79 Å². The molecule has 0 bridgehead atoms. The number of likely N-dealkylation sites (N-methyl/N-ethyl adjacent to an activating group) is 1. The average Bonchev–Trinajstić information content (AvgIpc) is 2.60. The first-order valence-electron chi connectivity index (χ1n) is 5.15. The van der Waals surface area contributed by atoms with E-state index in [4.69, 9.17) is 0 Å². The molecule has 4 heteroatoms. The Bertz CT molecular complexity index is 299. The molecule has 1 rings (SSSR count). The maximum atomic E-state index is 3.54. The molecule has 1 N–H and O–H groups in total. The van der Waals surface area contributed by atoms with E-state index in [-0.39, 0.29) is 0 Å². The topological polar surface area (TPSA) is 15.3 Å². The van der Waals surface area contributed by atoms with Crippen LogP contribution < -0.4 is 5.32 Å². The highest BCUT2D eigenvalue weighted by molar-refractivity contribution is 9.11. The molecule has 0 saturated carbocycles. The fourth-order valence-electron chi connectivity index (χ4n) is 1.19. The zero-order chi connectivity index (χ0) is 11.4. The molecule has 0 radical (unpaired) electrons. The molecule has 0 aliphatic carbocycles. The van der Waals surface area contributed by atoms with E-state index in [0.29, 0.717) is 12.1 Å². The van der Waals surface area contributed by atoms with E-state index in [2.05, 4.69) is 66.2 Å². The van der Waals surface area contributed by atoms with Crippen LogP contribution in [-0.2, 0) is 0 Å². The molecule has 0 aliphatic heterocycles. The lowest BCUT2D eigenvalue weighted by atomic mass is 10.2. The molecule has 86 valence electrons. The van der Waals surface area contributed by atoms with Crippen molar-refractivity contribution in [3.8, 4) is 0 Å². The van der Waals surface area contributed by atoms with Gasteiger partial charge in [0.1, 0.15) is 0 Å². The van der Waals surface area contributed by atoms with Crippen LogP contribution >= 0.6 is 27.3 Å². The minimum atomic E-state index is 0.434. The van der Waals surface area contributed by atoms with Crippen molar-refractivity contribution in [2.24, 2.45) is 0 Å². The molecule has 2 atom stereocenters. The standard InChI is InChI=1S/C11H19BrN2S/c1-8(14(3)4)7-13-9(2)10-5-6-11(12)15-10/h5-6,8-9,13H,7H2,1-4H3. The summed E-state index contributed by atoms with van der Waals surface area (Å²) in [6, 6.07) is 5.28. The number of thiophene rings is 1. The van der Waals surface area contributed by atoms with Crippen LogP contribution in [0.5, 0.6) is 0 Å². The highest BCUT2D eigenvalue weighted by Crippen LogP contribution is 2.26. The van der Waals surface area contributed by atoms with Gasteiger partial charge in [0.25, 0.3) is 0 Å². The van der Waals surface area contributed by atoms with Gasteiger partial charge in [-0.3, -0.25) is 0 Å². The second kappa shape index (κ2) is 5.99. The SMILES string of the molecule is CC(NCC(C)N(C)C)c1ccc(Br)s1. The highest BCUT2D eigenvalue weighted by Gasteiger charge is 2.10. The minimum Gasteiger partial charge on any atom is -0.308 e. The van der Waals surface area contributed by atoms with Crippen LogP contribution in [0.3, 0.4) is 0 Å². The Balaban J connectivity index is 2.39. The molecule has 0 aliphatic rings. The first-order valence-corrected chi connectivity index (χ1v) is 6.76. The first-order chi connectivity index (χ1) is 7.00. The summed E-state index contributed by atoms with van der Waals surface area (Å²) in [5.74, 6) is 0. The Morgan fingerprint density at radius 3 is 2.53 bits per heavy atom. The zero-order valence-corrected chi connectivity index (χ0v) is 12.2. The Labute approximate surface area is 105 Å². The van der Waals surface area contributed by atoms with Crippen LogP contribution in [-0.4, -0.2) is 31.6 Å². The van der Waals surface area contributed by atoms with E-state index in [9.17, 15) is 0 Å². The molecular weight excluding hydrogens is 272 g/mol. The molecule has 2 unspecified atom stereocenters. The van der Waals surface area contributed by atoms with Gasteiger partial charge in [-0.05, 0) is 56.0 Å². The van der Waals surface area contributed by atoms with Crippen molar-refractivity contribution in [2.45, 2.75) is 25.9 Å². The van der Waals surface area contributed by atoms with E-state index in [1.807, 2.05) is 0 Å². The predicted octanol–water partition coefficient (Wildman–Crippen LogP) is 3.11. The third-order valence-electron chi connectivity index (χ3n) is 2.62. The molecule has 15 heavy (non-hydrogen) atoms. The second-order valence-corrected chi connectivity index (χ2v) is 6.58. The van der Waals surface area contributed by atoms with Crippen molar-refractivity contribution in [3.63, 3.8) is 0 Å². The van der Waals surface area contributed by atoms with Crippen LogP contribution in [0.2, 0.25) is 0 Å². The van der Waals surface area contributed by atoms with Crippen LogP contribution in [0, 0.1) is 0 Å². The Morgan fingerprint density at radius 2 is 2.07 bits per heavy atom. The summed E-state index contributed by atoms with van der Waals surface area (Å²) < 4.78 is 1.20. The zero-order valence-electron chi connectivity index (χ0n) is 9.75. The smallest absolute Gasteiger partial charge is 0.0701 e. The molecule has 0 fully saturated rings. The van der Waals surface area contributed by atoms with E-state index in [1.165, 1.54) is 8.66 Å². The minimum absolute atomic E-state index is 0.434. The predicted molar refractivity (Wildman–Crippen MR) is 71.6 cm³/mol.